The number of unbranched alkanes of at least 4 members (excludes halogenated alkanes) is 1. The van der Waals surface area contributed by atoms with Gasteiger partial charge in [0.2, 0.25) is 5.91 Å². The maximum atomic E-state index is 12.0. The van der Waals surface area contributed by atoms with Gasteiger partial charge in [0.25, 0.3) is 0 Å². The van der Waals surface area contributed by atoms with E-state index in [-0.39, 0.29) is 12.5 Å². The van der Waals surface area contributed by atoms with Gasteiger partial charge in [-0.25, -0.2) is 0 Å². The number of hydrogen-bond acceptors (Lipinski definition) is 4. The topological polar surface area (TPSA) is 49.8 Å². The Balaban J connectivity index is 2.45. The van der Waals surface area contributed by atoms with Gasteiger partial charge in [-0.05, 0) is 24.3 Å². The van der Waals surface area contributed by atoms with Crippen molar-refractivity contribution in [1.82, 2.24) is 4.90 Å². The number of rotatable bonds is 9. The second-order valence-corrected chi connectivity index (χ2v) is 5.10. The molecule has 1 rings (SSSR count). The molecule has 5 heteroatoms. The Morgan fingerprint density at radius 3 is 2.94 bits per heavy atom. The summed E-state index contributed by atoms with van der Waals surface area (Å²) < 4.78 is 5.04. The molecule has 0 spiro atoms. The van der Waals surface area contributed by atoms with Gasteiger partial charge in [0, 0.05) is 31.6 Å². The van der Waals surface area contributed by atoms with Crippen LogP contribution in [0, 0.1) is 0 Å². The van der Waals surface area contributed by atoms with Crippen LogP contribution in [0.2, 0.25) is 0 Å². The van der Waals surface area contributed by atoms with E-state index in [1.54, 1.807) is 18.4 Å². The average Bonchev–Trinajstić information content (AvgIpc) is 2.87. The van der Waals surface area contributed by atoms with Crippen molar-refractivity contribution in [1.29, 1.82) is 0 Å². The molecule has 0 aromatic carbocycles. The predicted octanol–water partition coefficient (Wildman–Crippen LogP) is 1.89. The van der Waals surface area contributed by atoms with Gasteiger partial charge in [0.1, 0.15) is 0 Å². The van der Waals surface area contributed by atoms with Crippen LogP contribution in [-0.2, 0) is 16.1 Å². The second-order valence-electron chi connectivity index (χ2n) is 4.07. The number of aliphatic hydroxyl groups is 1. The fraction of sp³-hybridized carbons (Fsp3) is 0.615. The van der Waals surface area contributed by atoms with E-state index in [9.17, 15) is 4.79 Å². The molecule has 0 atom stereocenters. The molecule has 0 aliphatic carbocycles. The first-order chi connectivity index (χ1) is 8.77. The van der Waals surface area contributed by atoms with Gasteiger partial charge in [0.05, 0.1) is 13.2 Å². The molecule has 0 bridgehead atoms. The molecule has 0 saturated heterocycles. The highest BCUT2D eigenvalue weighted by Gasteiger charge is 2.13. The van der Waals surface area contributed by atoms with Gasteiger partial charge in [-0.1, -0.05) is 6.07 Å². The number of hydrogen-bond donors (Lipinski definition) is 1. The zero-order chi connectivity index (χ0) is 13.2. The number of methoxy groups -OCH3 is 1. The summed E-state index contributed by atoms with van der Waals surface area (Å²) in [4.78, 5) is 15.1. The number of carbonyl (C=O) groups is 1. The Morgan fingerprint density at radius 1 is 1.50 bits per heavy atom. The van der Waals surface area contributed by atoms with Gasteiger partial charge in [-0.3, -0.25) is 4.79 Å². The zero-order valence-electron chi connectivity index (χ0n) is 10.8. The summed E-state index contributed by atoms with van der Waals surface area (Å²) >= 11 is 1.66. The van der Waals surface area contributed by atoms with E-state index in [2.05, 4.69) is 0 Å². The van der Waals surface area contributed by atoms with Crippen LogP contribution < -0.4 is 0 Å². The second kappa shape index (κ2) is 9.08. The van der Waals surface area contributed by atoms with Gasteiger partial charge in [-0.2, -0.15) is 0 Å². The van der Waals surface area contributed by atoms with E-state index in [0.717, 1.165) is 6.42 Å². The monoisotopic (exact) mass is 271 g/mol. The molecule has 0 saturated carbocycles. The molecule has 1 amide bonds. The summed E-state index contributed by atoms with van der Waals surface area (Å²) in [6, 6.07) is 4.02. The maximum Gasteiger partial charge on any atom is 0.222 e. The van der Waals surface area contributed by atoms with Crippen molar-refractivity contribution in [2.24, 2.45) is 0 Å². The SMILES string of the molecule is COCCN(Cc1cccs1)C(=O)CCCCO. The van der Waals surface area contributed by atoms with Crippen molar-refractivity contribution in [2.75, 3.05) is 26.9 Å². The minimum atomic E-state index is 0.133. The fourth-order valence-electron chi connectivity index (χ4n) is 1.63. The first-order valence-electron chi connectivity index (χ1n) is 6.18. The molecule has 0 aliphatic rings. The Labute approximate surface area is 112 Å². The van der Waals surface area contributed by atoms with Crippen molar-refractivity contribution in [3.8, 4) is 0 Å². The third kappa shape index (κ3) is 5.62. The standard InChI is InChI=1S/C13H21NO3S/c1-17-9-7-14(11-12-5-4-10-18-12)13(16)6-2-3-8-15/h4-5,10,15H,2-3,6-9,11H2,1H3. The number of amides is 1. The number of ether oxygens (including phenoxy) is 1. The quantitative estimate of drug-likeness (QED) is 0.698. The minimum absolute atomic E-state index is 0.133. The zero-order valence-corrected chi connectivity index (χ0v) is 11.6. The Bertz CT molecular complexity index is 327. The highest BCUT2D eigenvalue weighted by molar-refractivity contribution is 7.09. The van der Waals surface area contributed by atoms with E-state index in [1.165, 1.54) is 4.88 Å². The van der Waals surface area contributed by atoms with Crippen molar-refractivity contribution < 1.29 is 14.6 Å². The normalized spacial score (nSPS) is 10.6. The summed E-state index contributed by atoms with van der Waals surface area (Å²) in [5.41, 5.74) is 0. The van der Waals surface area contributed by atoms with Crippen molar-refractivity contribution in [3.05, 3.63) is 22.4 Å². The molecule has 0 radical (unpaired) electrons. The van der Waals surface area contributed by atoms with Crippen molar-refractivity contribution in [2.45, 2.75) is 25.8 Å². The van der Waals surface area contributed by atoms with Crippen molar-refractivity contribution >= 4 is 17.2 Å². The molecular weight excluding hydrogens is 250 g/mol. The third-order valence-corrected chi connectivity index (χ3v) is 3.50. The molecule has 0 aliphatic heterocycles. The lowest BCUT2D eigenvalue weighted by molar-refractivity contribution is -0.132. The van der Waals surface area contributed by atoms with Crippen LogP contribution in [-0.4, -0.2) is 42.8 Å². The lowest BCUT2D eigenvalue weighted by atomic mass is 10.2. The molecule has 0 unspecified atom stereocenters. The molecule has 1 aromatic rings. The summed E-state index contributed by atoms with van der Waals surface area (Å²) in [6.45, 7) is 1.97. The highest BCUT2D eigenvalue weighted by atomic mass is 32.1. The van der Waals surface area contributed by atoms with E-state index < -0.39 is 0 Å². The van der Waals surface area contributed by atoms with E-state index >= 15 is 0 Å². The molecule has 18 heavy (non-hydrogen) atoms. The molecule has 1 heterocycles. The molecule has 1 aromatic heterocycles. The van der Waals surface area contributed by atoms with Gasteiger partial charge >= 0.3 is 0 Å². The number of aliphatic hydroxyl groups excluding tert-OH is 1. The van der Waals surface area contributed by atoms with Crippen LogP contribution in [0.1, 0.15) is 24.1 Å². The Morgan fingerprint density at radius 2 is 2.33 bits per heavy atom. The molecular formula is C13H21NO3S. The predicted molar refractivity (Wildman–Crippen MR) is 72.5 cm³/mol. The Kier molecular flexibility index (Phi) is 7.64. The smallest absolute Gasteiger partial charge is 0.222 e. The lowest BCUT2D eigenvalue weighted by Crippen LogP contribution is -2.33. The summed E-state index contributed by atoms with van der Waals surface area (Å²) in [6.07, 6.45) is 1.92. The summed E-state index contributed by atoms with van der Waals surface area (Å²) in [5.74, 6) is 0.133. The molecule has 102 valence electrons. The van der Waals surface area contributed by atoms with E-state index in [1.807, 2.05) is 22.4 Å². The van der Waals surface area contributed by atoms with Crippen LogP contribution in [0.25, 0.3) is 0 Å². The molecule has 4 nitrogen and oxygen atoms in total. The maximum absolute atomic E-state index is 12.0. The minimum Gasteiger partial charge on any atom is -0.396 e. The van der Waals surface area contributed by atoms with Crippen LogP contribution in [0.3, 0.4) is 0 Å². The number of thiophene rings is 1. The fourth-order valence-corrected chi connectivity index (χ4v) is 2.35. The van der Waals surface area contributed by atoms with Crippen molar-refractivity contribution in [3.63, 3.8) is 0 Å². The van der Waals surface area contributed by atoms with Crippen LogP contribution >= 0.6 is 11.3 Å². The molecule has 0 fully saturated rings. The Hall–Kier alpha value is -0.910. The third-order valence-electron chi connectivity index (χ3n) is 2.64. The van der Waals surface area contributed by atoms with Crippen LogP contribution in [0.5, 0.6) is 0 Å². The van der Waals surface area contributed by atoms with Gasteiger partial charge in [-0.15, -0.1) is 11.3 Å². The van der Waals surface area contributed by atoms with Crippen LogP contribution in [0.4, 0.5) is 0 Å². The summed E-state index contributed by atoms with van der Waals surface area (Å²) in [7, 11) is 1.64. The largest absolute Gasteiger partial charge is 0.396 e. The van der Waals surface area contributed by atoms with E-state index in [4.69, 9.17) is 9.84 Å². The van der Waals surface area contributed by atoms with Gasteiger partial charge < -0.3 is 14.7 Å². The molecule has 1 N–H and O–H groups in total. The number of carbonyl (C=O) groups excluding carboxylic acids is 1. The summed E-state index contributed by atoms with van der Waals surface area (Å²) in [5, 5.41) is 10.7. The highest BCUT2D eigenvalue weighted by Crippen LogP contribution is 2.13. The average molecular weight is 271 g/mol. The number of nitrogens with zero attached hydrogens (tertiary/aromatic N) is 1. The van der Waals surface area contributed by atoms with Crippen LogP contribution in [0.15, 0.2) is 17.5 Å². The first kappa shape index (κ1) is 15.1. The first-order valence-corrected chi connectivity index (χ1v) is 7.06. The lowest BCUT2D eigenvalue weighted by Gasteiger charge is -2.21. The van der Waals surface area contributed by atoms with Gasteiger partial charge in [0.15, 0.2) is 0 Å². The van der Waals surface area contributed by atoms with E-state index in [0.29, 0.717) is 32.5 Å².